The number of esters is 1. The van der Waals surface area contributed by atoms with Crippen molar-refractivity contribution >= 4 is 22.4 Å². The van der Waals surface area contributed by atoms with E-state index < -0.39 is 0 Å². The first kappa shape index (κ1) is 13.4. The van der Waals surface area contributed by atoms with Crippen molar-refractivity contribution in [3.05, 3.63) is 52.6 Å². The Kier molecular flexibility index (Phi) is 3.25. The molecule has 0 atom stereocenters. The molecule has 0 spiro atoms. The third-order valence-corrected chi connectivity index (χ3v) is 3.63. The minimum atomic E-state index is -0.324. The van der Waals surface area contributed by atoms with Crippen molar-refractivity contribution in [3.8, 4) is 0 Å². The van der Waals surface area contributed by atoms with E-state index in [0.29, 0.717) is 6.54 Å². The summed E-state index contributed by atoms with van der Waals surface area (Å²) in [5, 5.41) is 0.995. The molecule has 5 heteroatoms. The first-order valence-corrected chi connectivity index (χ1v) is 6.79. The van der Waals surface area contributed by atoms with Gasteiger partial charge < -0.3 is 4.74 Å². The maximum atomic E-state index is 12.6. The zero-order valence-corrected chi connectivity index (χ0v) is 12.0. The van der Waals surface area contributed by atoms with E-state index in [0.717, 1.165) is 22.0 Å². The SMILES string of the molecule is COC(=O)CCn1c(=O)n2cc(C)cc2c2ccccc21. The molecule has 1 aromatic carbocycles. The Morgan fingerprint density at radius 2 is 2.00 bits per heavy atom. The van der Waals surface area contributed by atoms with Crippen LogP contribution in [0.25, 0.3) is 16.4 Å². The van der Waals surface area contributed by atoms with E-state index in [1.165, 1.54) is 7.11 Å². The molecule has 0 saturated carbocycles. The second kappa shape index (κ2) is 5.09. The molecule has 0 amide bonds. The van der Waals surface area contributed by atoms with E-state index in [1.54, 1.807) is 8.97 Å². The number of para-hydroxylation sites is 1. The summed E-state index contributed by atoms with van der Waals surface area (Å²) in [6.07, 6.45) is 1.99. The second-order valence-electron chi connectivity index (χ2n) is 5.05. The van der Waals surface area contributed by atoms with E-state index in [1.807, 2.05) is 43.5 Å². The van der Waals surface area contributed by atoms with Gasteiger partial charge in [-0.3, -0.25) is 13.8 Å². The number of fused-ring (bicyclic) bond motifs is 3. The van der Waals surface area contributed by atoms with Crippen LogP contribution in [-0.2, 0) is 16.1 Å². The highest BCUT2D eigenvalue weighted by molar-refractivity contribution is 5.94. The molecular formula is C16H16N2O3. The zero-order valence-electron chi connectivity index (χ0n) is 12.0. The molecule has 2 heterocycles. The summed E-state index contributed by atoms with van der Waals surface area (Å²) >= 11 is 0. The number of aryl methyl sites for hydroxylation is 2. The van der Waals surface area contributed by atoms with Gasteiger partial charge in [-0.1, -0.05) is 18.2 Å². The van der Waals surface area contributed by atoms with Crippen molar-refractivity contribution in [1.29, 1.82) is 0 Å². The topological polar surface area (TPSA) is 52.7 Å². The van der Waals surface area contributed by atoms with Gasteiger partial charge in [0.1, 0.15) is 0 Å². The number of rotatable bonds is 3. The Labute approximate surface area is 121 Å². The molecule has 108 valence electrons. The van der Waals surface area contributed by atoms with Gasteiger partial charge in [-0.15, -0.1) is 0 Å². The number of carbonyl (C=O) groups excluding carboxylic acids is 1. The molecule has 0 aliphatic carbocycles. The average molecular weight is 284 g/mol. The summed E-state index contributed by atoms with van der Waals surface area (Å²) < 4.78 is 7.91. The van der Waals surface area contributed by atoms with Crippen LogP contribution in [0.4, 0.5) is 0 Å². The van der Waals surface area contributed by atoms with Crippen molar-refractivity contribution in [2.24, 2.45) is 0 Å². The molecule has 0 aliphatic heterocycles. The van der Waals surface area contributed by atoms with Gasteiger partial charge in [0.05, 0.1) is 24.6 Å². The number of aromatic nitrogens is 2. The number of carbonyl (C=O) groups is 1. The molecule has 0 radical (unpaired) electrons. The Balaban J connectivity index is 2.27. The zero-order chi connectivity index (χ0) is 15.0. The van der Waals surface area contributed by atoms with Gasteiger partial charge in [-0.05, 0) is 24.6 Å². The van der Waals surface area contributed by atoms with Crippen LogP contribution in [0.15, 0.2) is 41.3 Å². The molecule has 21 heavy (non-hydrogen) atoms. The third-order valence-electron chi connectivity index (χ3n) is 3.63. The van der Waals surface area contributed by atoms with Crippen LogP contribution in [0.3, 0.4) is 0 Å². The monoisotopic (exact) mass is 284 g/mol. The fourth-order valence-corrected chi connectivity index (χ4v) is 2.64. The molecule has 2 aromatic heterocycles. The van der Waals surface area contributed by atoms with E-state index in [-0.39, 0.29) is 18.1 Å². The molecule has 0 bridgehead atoms. The van der Waals surface area contributed by atoms with Gasteiger partial charge in [0.2, 0.25) is 0 Å². The van der Waals surface area contributed by atoms with Gasteiger partial charge in [-0.25, -0.2) is 4.79 Å². The number of methoxy groups -OCH3 is 1. The van der Waals surface area contributed by atoms with Crippen LogP contribution in [0.1, 0.15) is 12.0 Å². The summed E-state index contributed by atoms with van der Waals surface area (Å²) in [6, 6.07) is 9.71. The molecule has 3 rings (SSSR count). The Morgan fingerprint density at radius 1 is 1.24 bits per heavy atom. The number of nitrogens with zero attached hydrogens (tertiary/aromatic N) is 2. The predicted octanol–water partition coefficient (Wildman–Crippen LogP) is 2.13. The van der Waals surface area contributed by atoms with Crippen LogP contribution in [0.5, 0.6) is 0 Å². The molecule has 3 aromatic rings. The quantitative estimate of drug-likeness (QED) is 0.692. The summed E-state index contributed by atoms with van der Waals surface area (Å²) in [5.41, 5.74) is 2.61. The minimum absolute atomic E-state index is 0.138. The maximum Gasteiger partial charge on any atom is 0.333 e. The Bertz CT molecular complexity index is 890. The predicted molar refractivity (Wildman–Crippen MR) is 80.5 cm³/mol. The summed E-state index contributed by atoms with van der Waals surface area (Å²) in [7, 11) is 1.35. The van der Waals surface area contributed by atoms with E-state index in [2.05, 4.69) is 4.74 Å². The number of hydrogen-bond donors (Lipinski definition) is 0. The lowest BCUT2D eigenvalue weighted by molar-refractivity contribution is -0.140. The van der Waals surface area contributed by atoms with E-state index in [9.17, 15) is 9.59 Å². The number of ether oxygens (including phenoxy) is 1. The van der Waals surface area contributed by atoms with Crippen molar-refractivity contribution in [3.63, 3.8) is 0 Å². The lowest BCUT2D eigenvalue weighted by Gasteiger charge is -2.11. The summed E-state index contributed by atoms with van der Waals surface area (Å²) in [4.78, 5) is 24.0. The van der Waals surface area contributed by atoms with Crippen molar-refractivity contribution in [2.45, 2.75) is 19.9 Å². The highest BCUT2D eigenvalue weighted by atomic mass is 16.5. The smallest absolute Gasteiger partial charge is 0.333 e. The van der Waals surface area contributed by atoms with Crippen LogP contribution in [0.2, 0.25) is 0 Å². The van der Waals surface area contributed by atoms with Crippen molar-refractivity contribution in [2.75, 3.05) is 7.11 Å². The minimum Gasteiger partial charge on any atom is -0.469 e. The van der Waals surface area contributed by atoms with Crippen LogP contribution in [0, 0.1) is 6.92 Å². The first-order valence-electron chi connectivity index (χ1n) is 6.79. The van der Waals surface area contributed by atoms with Crippen molar-refractivity contribution in [1.82, 2.24) is 8.97 Å². The Morgan fingerprint density at radius 3 is 2.76 bits per heavy atom. The largest absolute Gasteiger partial charge is 0.469 e. The first-order chi connectivity index (χ1) is 10.1. The van der Waals surface area contributed by atoms with Gasteiger partial charge in [0, 0.05) is 18.1 Å². The lowest BCUT2D eigenvalue weighted by atomic mass is 10.2. The fourth-order valence-electron chi connectivity index (χ4n) is 2.64. The normalized spacial score (nSPS) is 11.1. The van der Waals surface area contributed by atoms with E-state index >= 15 is 0 Å². The lowest BCUT2D eigenvalue weighted by Crippen LogP contribution is -2.27. The second-order valence-corrected chi connectivity index (χ2v) is 5.05. The molecular weight excluding hydrogens is 268 g/mol. The van der Waals surface area contributed by atoms with Crippen LogP contribution in [-0.4, -0.2) is 22.0 Å². The van der Waals surface area contributed by atoms with Gasteiger partial charge in [0.25, 0.3) is 0 Å². The molecule has 0 unspecified atom stereocenters. The van der Waals surface area contributed by atoms with Gasteiger partial charge in [-0.2, -0.15) is 0 Å². The molecule has 0 saturated heterocycles. The van der Waals surface area contributed by atoms with Gasteiger partial charge in [0.15, 0.2) is 0 Å². The van der Waals surface area contributed by atoms with E-state index in [4.69, 9.17) is 0 Å². The number of benzene rings is 1. The molecule has 5 nitrogen and oxygen atoms in total. The average Bonchev–Trinajstić information content (AvgIpc) is 2.89. The van der Waals surface area contributed by atoms with Crippen LogP contribution < -0.4 is 5.69 Å². The van der Waals surface area contributed by atoms with Crippen LogP contribution >= 0.6 is 0 Å². The summed E-state index contributed by atoms with van der Waals surface area (Å²) in [5.74, 6) is -0.324. The number of hydrogen-bond acceptors (Lipinski definition) is 3. The third kappa shape index (κ3) is 2.20. The van der Waals surface area contributed by atoms with Crippen molar-refractivity contribution < 1.29 is 9.53 Å². The molecule has 0 aliphatic rings. The highest BCUT2D eigenvalue weighted by Crippen LogP contribution is 2.20. The molecule has 0 N–H and O–H groups in total. The summed E-state index contributed by atoms with van der Waals surface area (Å²) in [6.45, 7) is 2.26. The maximum absolute atomic E-state index is 12.6. The fraction of sp³-hybridized carbons (Fsp3) is 0.250. The highest BCUT2D eigenvalue weighted by Gasteiger charge is 2.12. The van der Waals surface area contributed by atoms with Gasteiger partial charge >= 0.3 is 11.7 Å². The molecule has 0 fully saturated rings. The standard InChI is InChI=1S/C16H16N2O3/c1-11-9-14-12-5-3-4-6-13(12)17(8-7-15(19)21-2)16(20)18(14)10-11/h3-6,9-10H,7-8H2,1-2H3. The Hall–Kier alpha value is -2.56.